The van der Waals surface area contributed by atoms with Gasteiger partial charge in [0.2, 0.25) is 5.91 Å². The molecule has 2 aromatic carbocycles. The second kappa shape index (κ2) is 9.00. The molecule has 0 spiro atoms. The molecule has 1 saturated heterocycles. The second-order valence-electron chi connectivity index (χ2n) is 7.90. The quantitative estimate of drug-likeness (QED) is 0.818. The highest BCUT2D eigenvalue weighted by molar-refractivity contribution is 6.01. The Labute approximate surface area is 176 Å². The van der Waals surface area contributed by atoms with Gasteiger partial charge in [0.15, 0.2) is 6.61 Å². The SMILES string of the molecule is N#CCOc1ccc(NC(=O)C2CC3CCCCC3N2C(=O)c2ccccc2)cc1. The fraction of sp³-hybridized carbons (Fsp3) is 0.375. The average molecular weight is 403 g/mol. The second-order valence-corrected chi connectivity index (χ2v) is 7.90. The minimum absolute atomic E-state index is 0.0207. The lowest BCUT2D eigenvalue weighted by molar-refractivity contribution is -0.120. The molecule has 2 aromatic rings. The van der Waals surface area contributed by atoms with Gasteiger partial charge in [-0.05, 0) is 61.6 Å². The lowest BCUT2D eigenvalue weighted by atomic mass is 9.84. The van der Waals surface area contributed by atoms with E-state index >= 15 is 0 Å². The van der Waals surface area contributed by atoms with E-state index in [0.29, 0.717) is 29.3 Å². The monoisotopic (exact) mass is 403 g/mol. The van der Waals surface area contributed by atoms with Crippen molar-refractivity contribution < 1.29 is 14.3 Å². The molecule has 1 heterocycles. The smallest absolute Gasteiger partial charge is 0.254 e. The number of ether oxygens (including phenoxy) is 1. The van der Waals surface area contributed by atoms with Crippen molar-refractivity contribution in [3.05, 3.63) is 60.2 Å². The molecular weight excluding hydrogens is 378 g/mol. The van der Waals surface area contributed by atoms with Crippen LogP contribution >= 0.6 is 0 Å². The van der Waals surface area contributed by atoms with Crippen LogP contribution in [0.5, 0.6) is 5.75 Å². The van der Waals surface area contributed by atoms with Crippen LogP contribution in [-0.4, -0.2) is 35.4 Å². The van der Waals surface area contributed by atoms with Crippen molar-refractivity contribution in [2.75, 3.05) is 11.9 Å². The van der Waals surface area contributed by atoms with Gasteiger partial charge in [-0.15, -0.1) is 0 Å². The van der Waals surface area contributed by atoms with Gasteiger partial charge < -0.3 is 15.0 Å². The van der Waals surface area contributed by atoms with Crippen LogP contribution in [0.1, 0.15) is 42.5 Å². The lowest BCUT2D eigenvalue weighted by Crippen LogP contribution is -2.47. The van der Waals surface area contributed by atoms with Crippen molar-refractivity contribution in [1.29, 1.82) is 5.26 Å². The van der Waals surface area contributed by atoms with Crippen LogP contribution in [0.25, 0.3) is 0 Å². The summed E-state index contributed by atoms with van der Waals surface area (Å²) in [6, 6.07) is 17.7. The largest absolute Gasteiger partial charge is 0.479 e. The molecule has 1 N–H and O–H groups in total. The maximum atomic E-state index is 13.3. The highest BCUT2D eigenvalue weighted by Crippen LogP contribution is 2.40. The summed E-state index contributed by atoms with van der Waals surface area (Å²) in [6.07, 6.45) is 4.99. The number of carbonyl (C=O) groups is 2. The molecule has 2 amide bonds. The Kier molecular flexibility index (Phi) is 5.99. The van der Waals surface area contributed by atoms with E-state index in [2.05, 4.69) is 5.32 Å². The van der Waals surface area contributed by atoms with Gasteiger partial charge in [0.25, 0.3) is 5.91 Å². The molecule has 2 fully saturated rings. The third-order valence-corrected chi connectivity index (χ3v) is 6.07. The molecule has 30 heavy (non-hydrogen) atoms. The van der Waals surface area contributed by atoms with Crippen molar-refractivity contribution in [2.24, 2.45) is 5.92 Å². The first kappa shape index (κ1) is 20.0. The van der Waals surface area contributed by atoms with Crippen LogP contribution in [0.4, 0.5) is 5.69 Å². The molecule has 0 radical (unpaired) electrons. The third-order valence-electron chi connectivity index (χ3n) is 6.07. The van der Waals surface area contributed by atoms with Gasteiger partial charge in [0.1, 0.15) is 17.9 Å². The van der Waals surface area contributed by atoms with Crippen molar-refractivity contribution in [2.45, 2.75) is 44.2 Å². The summed E-state index contributed by atoms with van der Waals surface area (Å²) in [5, 5.41) is 11.6. The first-order chi connectivity index (χ1) is 14.7. The Bertz CT molecular complexity index is 936. The zero-order valence-electron chi connectivity index (χ0n) is 16.8. The van der Waals surface area contributed by atoms with Gasteiger partial charge >= 0.3 is 0 Å². The number of hydrogen-bond acceptors (Lipinski definition) is 4. The number of likely N-dealkylation sites (tertiary alicyclic amines) is 1. The Morgan fingerprint density at radius 3 is 2.53 bits per heavy atom. The number of benzene rings is 2. The highest BCUT2D eigenvalue weighted by Gasteiger charge is 2.47. The molecule has 1 aliphatic carbocycles. The van der Waals surface area contributed by atoms with Gasteiger partial charge in [0.05, 0.1) is 0 Å². The number of hydrogen-bond donors (Lipinski definition) is 1. The molecular formula is C24H25N3O3. The van der Waals surface area contributed by atoms with Crippen LogP contribution in [0.3, 0.4) is 0 Å². The number of amides is 2. The molecule has 3 atom stereocenters. The van der Waals surface area contributed by atoms with E-state index in [1.54, 1.807) is 24.3 Å². The van der Waals surface area contributed by atoms with Crippen molar-refractivity contribution in [3.8, 4) is 11.8 Å². The Morgan fingerprint density at radius 2 is 1.80 bits per heavy atom. The van der Waals surface area contributed by atoms with E-state index in [4.69, 9.17) is 10.00 Å². The van der Waals surface area contributed by atoms with Gasteiger partial charge in [-0.1, -0.05) is 31.0 Å². The maximum Gasteiger partial charge on any atom is 0.254 e. The fourth-order valence-corrected chi connectivity index (χ4v) is 4.69. The highest BCUT2D eigenvalue weighted by atomic mass is 16.5. The summed E-state index contributed by atoms with van der Waals surface area (Å²) in [5.74, 6) is 0.732. The number of nitrogens with one attached hydrogen (secondary N) is 1. The van der Waals surface area contributed by atoms with E-state index in [1.165, 1.54) is 0 Å². The fourth-order valence-electron chi connectivity index (χ4n) is 4.69. The average Bonchev–Trinajstić information content (AvgIpc) is 3.18. The number of anilines is 1. The zero-order chi connectivity index (χ0) is 20.9. The molecule has 6 nitrogen and oxygen atoms in total. The molecule has 2 aliphatic rings. The normalized spacial score (nSPS) is 22.6. The van der Waals surface area contributed by atoms with Crippen LogP contribution in [0.15, 0.2) is 54.6 Å². The predicted molar refractivity (Wildman–Crippen MR) is 113 cm³/mol. The maximum absolute atomic E-state index is 13.3. The molecule has 3 unspecified atom stereocenters. The topological polar surface area (TPSA) is 82.4 Å². The Hall–Kier alpha value is -3.33. The number of nitriles is 1. The minimum Gasteiger partial charge on any atom is -0.479 e. The van der Waals surface area contributed by atoms with E-state index in [1.807, 2.05) is 41.3 Å². The molecule has 6 heteroatoms. The van der Waals surface area contributed by atoms with Crippen molar-refractivity contribution in [3.63, 3.8) is 0 Å². The standard InChI is InChI=1S/C24H25N3O3/c25-14-15-30-20-12-10-19(11-13-20)26-23(28)22-16-18-8-4-5-9-21(18)27(22)24(29)17-6-2-1-3-7-17/h1-3,6-7,10-13,18,21-22H,4-5,8-9,15-16H2,(H,26,28). The molecule has 0 bridgehead atoms. The van der Waals surface area contributed by atoms with Gasteiger partial charge in [-0.2, -0.15) is 5.26 Å². The molecule has 1 saturated carbocycles. The van der Waals surface area contributed by atoms with Gasteiger partial charge in [0, 0.05) is 17.3 Å². The Morgan fingerprint density at radius 1 is 1.07 bits per heavy atom. The molecule has 4 rings (SSSR count). The van der Waals surface area contributed by atoms with Crippen molar-refractivity contribution in [1.82, 2.24) is 4.90 Å². The summed E-state index contributed by atoms with van der Waals surface area (Å²) < 4.78 is 5.25. The number of carbonyl (C=O) groups excluding carboxylic acids is 2. The molecule has 0 aromatic heterocycles. The van der Waals surface area contributed by atoms with E-state index in [9.17, 15) is 9.59 Å². The van der Waals surface area contributed by atoms with Gasteiger partial charge in [-0.25, -0.2) is 0 Å². The van der Waals surface area contributed by atoms with Crippen LogP contribution in [-0.2, 0) is 4.79 Å². The number of fused-ring (bicyclic) bond motifs is 1. The summed E-state index contributed by atoms with van der Waals surface area (Å²) in [5.41, 5.74) is 1.27. The predicted octanol–water partition coefficient (Wildman–Crippen LogP) is 4.00. The van der Waals surface area contributed by atoms with Crippen molar-refractivity contribution >= 4 is 17.5 Å². The summed E-state index contributed by atoms with van der Waals surface area (Å²) in [6.45, 7) is -0.0207. The number of rotatable bonds is 5. The van der Waals surface area contributed by atoms with E-state index in [0.717, 1.165) is 25.7 Å². The van der Waals surface area contributed by atoms with E-state index in [-0.39, 0.29) is 24.5 Å². The Balaban J connectivity index is 1.52. The lowest BCUT2D eigenvalue weighted by Gasteiger charge is -2.33. The van der Waals surface area contributed by atoms with Crippen LogP contribution < -0.4 is 10.1 Å². The van der Waals surface area contributed by atoms with Crippen LogP contribution in [0.2, 0.25) is 0 Å². The number of nitrogens with zero attached hydrogens (tertiary/aromatic N) is 2. The van der Waals surface area contributed by atoms with Gasteiger partial charge in [-0.3, -0.25) is 9.59 Å². The summed E-state index contributed by atoms with van der Waals surface area (Å²) >= 11 is 0. The first-order valence-electron chi connectivity index (χ1n) is 10.5. The summed E-state index contributed by atoms with van der Waals surface area (Å²) in [7, 11) is 0. The molecule has 154 valence electrons. The summed E-state index contributed by atoms with van der Waals surface area (Å²) in [4.78, 5) is 28.3. The first-order valence-corrected chi connectivity index (χ1v) is 10.5. The minimum atomic E-state index is -0.472. The van der Waals surface area contributed by atoms with Crippen LogP contribution in [0, 0.1) is 17.2 Å². The zero-order valence-corrected chi connectivity index (χ0v) is 16.8. The molecule has 1 aliphatic heterocycles. The van der Waals surface area contributed by atoms with E-state index < -0.39 is 6.04 Å². The third kappa shape index (κ3) is 4.16.